The van der Waals surface area contributed by atoms with Gasteiger partial charge in [0.2, 0.25) is 0 Å². The molecule has 0 fully saturated rings. The Kier molecular flexibility index (Phi) is 5.20. The first kappa shape index (κ1) is 16.6. The van der Waals surface area contributed by atoms with Gasteiger partial charge in [0.25, 0.3) is 0 Å². The smallest absolute Gasteiger partial charge is 0.310 e. The molecule has 0 N–H and O–H groups in total. The summed E-state index contributed by atoms with van der Waals surface area (Å²) >= 11 is 3.46. The van der Waals surface area contributed by atoms with Crippen LogP contribution in [0.1, 0.15) is 18.1 Å². The van der Waals surface area contributed by atoms with Crippen LogP contribution in [0.5, 0.6) is 5.75 Å². The van der Waals surface area contributed by atoms with Gasteiger partial charge in [-0.1, -0.05) is 24.3 Å². The number of hydrogen-bond donors (Lipinski definition) is 0. The summed E-state index contributed by atoms with van der Waals surface area (Å²) in [7, 11) is 0. The van der Waals surface area contributed by atoms with Gasteiger partial charge in [0.15, 0.2) is 0 Å². The minimum atomic E-state index is -0.253. The Hall–Kier alpha value is -2.27. The highest BCUT2D eigenvalue weighted by molar-refractivity contribution is 9.10. The van der Waals surface area contributed by atoms with Crippen LogP contribution in [-0.4, -0.2) is 12.6 Å². The van der Waals surface area contributed by atoms with Crippen molar-refractivity contribution >= 4 is 32.9 Å². The fourth-order valence-electron chi connectivity index (χ4n) is 2.45. The van der Waals surface area contributed by atoms with Crippen molar-refractivity contribution in [2.45, 2.75) is 20.0 Å². The number of halogens is 1. The summed E-state index contributed by atoms with van der Waals surface area (Å²) in [5.74, 6) is 0.439. The van der Waals surface area contributed by atoms with Crippen molar-refractivity contribution in [2.75, 3.05) is 6.61 Å². The van der Waals surface area contributed by atoms with E-state index in [0.717, 1.165) is 26.6 Å². The van der Waals surface area contributed by atoms with E-state index in [2.05, 4.69) is 15.9 Å². The van der Waals surface area contributed by atoms with Gasteiger partial charge in [-0.3, -0.25) is 4.79 Å². The Morgan fingerprint density at radius 1 is 1.21 bits per heavy atom. The lowest BCUT2D eigenvalue weighted by Crippen LogP contribution is -2.09. The van der Waals surface area contributed by atoms with Gasteiger partial charge in [0, 0.05) is 10.9 Å². The SMILES string of the molecule is CCOC(=O)Cc1ccccc1OCc1ccc2occ(Br)c2c1. The number of fused-ring (bicyclic) bond motifs is 1. The summed E-state index contributed by atoms with van der Waals surface area (Å²) in [5.41, 5.74) is 2.67. The molecule has 4 nitrogen and oxygen atoms in total. The van der Waals surface area contributed by atoms with E-state index in [-0.39, 0.29) is 12.4 Å². The molecule has 2 aromatic carbocycles. The summed E-state index contributed by atoms with van der Waals surface area (Å²) in [6, 6.07) is 13.4. The minimum absolute atomic E-state index is 0.205. The number of para-hydroxylation sites is 1. The molecule has 0 radical (unpaired) electrons. The molecule has 3 rings (SSSR count). The molecule has 0 atom stereocenters. The molecule has 0 aliphatic rings. The Balaban J connectivity index is 1.73. The molecule has 0 aliphatic heterocycles. The largest absolute Gasteiger partial charge is 0.489 e. The number of hydrogen-bond acceptors (Lipinski definition) is 4. The molecule has 3 aromatic rings. The average molecular weight is 389 g/mol. The van der Waals surface area contributed by atoms with Gasteiger partial charge in [-0.2, -0.15) is 0 Å². The highest BCUT2D eigenvalue weighted by atomic mass is 79.9. The average Bonchev–Trinajstić information content (AvgIpc) is 2.95. The molecule has 1 aromatic heterocycles. The first-order valence-electron chi connectivity index (χ1n) is 7.69. The van der Waals surface area contributed by atoms with Crippen LogP contribution in [-0.2, 0) is 22.6 Å². The van der Waals surface area contributed by atoms with E-state index in [0.29, 0.717) is 19.0 Å². The lowest BCUT2D eigenvalue weighted by molar-refractivity contribution is -0.142. The van der Waals surface area contributed by atoms with Gasteiger partial charge in [-0.25, -0.2) is 0 Å². The molecule has 124 valence electrons. The van der Waals surface area contributed by atoms with Crippen LogP contribution >= 0.6 is 15.9 Å². The van der Waals surface area contributed by atoms with Crippen molar-refractivity contribution in [2.24, 2.45) is 0 Å². The van der Waals surface area contributed by atoms with E-state index in [9.17, 15) is 4.79 Å². The molecule has 0 spiro atoms. The second kappa shape index (κ2) is 7.53. The van der Waals surface area contributed by atoms with Crippen LogP contribution in [0.4, 0.5) is 0 Å². The van der Waals surface area contributed by atoms with Crippen LogP contribution in [0.2, 0.25) is 0 Å². The third-order valence-electron chi connectivity index (χ3n) is 3.60. The first-order valence-corrected chi connectivity index (χ1v) is 8.48. The Morgan fingerprint density at radius 3 is 2.88 bits per heavy atom. The van der Waals surface area contributed by atoms with Crippen molar-refractivity contribution in [3.05, 3.63) is 64.3 Å². The lowest BCUT2D eigenvalue weighted by Gasteiger charge is -2.11. The zero-order valence-electron chi connectivity index (χ0n) is 13.3. The summed E-state index contributed by atoms with van der Waals surface area (Å²) in [5, 5.41) is 1.01. The standard InChI is InChI=1S/C19H17BrO4/c1-2-22-19(21)10-14-5-3-4-6-17(14)23-11-13-7-8-18-15(9-13)16(20)12-24-18/h3-9,12H,2,10-11H2,1H3. The van der Waals surface area contributed by atoms with Gasteiger partial charge in [0.05, 0.1) is 17.5 Å². The predicted molar refractivity (Wildman–Crippen MR) is 95.0 cm³/mol. The number of rotatable bonds is 6. The zero-order chi connectivity index (χ0) is 16.9. The van der Waals surface area contributed by atoms with Crippen LogP contribution in [0.15, 0.2) is 57.6 Å². The molecular formula is C19H17BrO4. The number of esters is 1. The normalized spacial score (nSPS) is 10.8. The maximum Gasteiger partial charge on any atom is 0.310 e. The summed E-state index contributed by atoms with van der Waals surface area (Å²) < 4.78 is 17.3. The van der Waals surface area contributed by atoms with E-state index in [4.69, 9.17) is 13.9 Å². The molecule has 1 heterocycles. The van der Waals surface area contributed by atoms with Gasteiger partial charge in [-0.05, 0) is 46.6 Å². The van der Waals surface area contributed by atoms with Gasteiger partial charge >= 0.3 is 5.97 Å². The number of benzene rings is 2. The van der Waals surface area contributed by atoms with Crippen LogP contribution in [0.3, 0.4) is 0 Å². The van der Waals surface area contributed by atoms with E-state index < -0.39 is 0 Å². The number of furan rings is 1. The van der Waals surface area contributed by atoms with Crippen molar-refractivity contribution < 1.29 is 18.7 Å². The monoisotopic (exact) mass is 388 g/mol. The van der Waals surface area contributed by atoms with Crippen LogP contribution in [0.25, 0.3) is 11.0 Å². The molecule has 0 aliphatic carbocycles. The number of ether oxygens (including phenoxy) is 2. The molecule has 0 unspecified atom stereocenters. The maximum atomic E-state index is 11.7. The molecular weight excluding hydrogens is 372 g/mol. The fraction of sp³-hybridized carbons (Fsp3) is 0.211. The van der Waals surface area contributed by atoms with E-state index in [1.807, 2.05) is 42.5 Å². The molecule has 0 amide bonds. The van der Waals surface area contributed by atoms with Gasteiger partial charge in [0.1, 0.15) is 24.2 Å². The van der Waals surface area contributed by atoms with E-state index >= 15 is 0 Å². The Morgan fingerprint density at radius 2 is 2.04 bits per heavy atom. The third-order valence-corrected chi connectivity index (χ3v) is 4.21. The fourth-order valence-corrected chi connectivity index (χ4v) is 2.86. The maximum absolute atomic E-state index is 11.7. The molecule has 0 bridgehead atoms. The van der Waals surface area contributed by atoms with Gasteiger partial charge < -0.3 is 13.9 Å². The molecule has 0 saturated heterocycles. The molecule has 24 heavy (non-hydrogen) atoms. The van der Waals surface area contributed by atoms with Crippen LogP contribution < -0.4 is 4.74 Å². The summed E-state index contributed by atoms with van der Waals surface area (Å²) in [6.45, 7) is 2.58. The lowest BCUT2D eigenvalue weighted by atomic mass is 10.1. The second-order valence-electron chi connectivity index (χ2n) is 5.29. The molecule has 0 saturated carbocycles. The highest BCUT2D eigenvalue weighted by Crippen LogP contribution is 2.27. The highest BCUT2D eigenvalue weighted by Gasteiger charge is 2.10. The minimum Gasteiger partial charge on any atom is -0.489 e. The van der Waals surface area contributed by atoms with Gasteiger partial charge in [-0.15, -0.1) is 0 Å². The third kappa shape index (κ3) is 3.79. The van der Waals surface area contributed by atoms with E-state index in [1.165, 1.54) is 0 Å². The van der Waals surface area contributed by atoms with Crippen LogP contribution in [0, 0.1) is 0 Å². The second-order valence-corrected chi connectivity index (χ2v) is 6.15. The zero-order valence-corrected chi connectivity index (χ0v) is 14.8. The van der Waals surface area contributed by atoms with E-state index in [1.54, 1.807) is 13.2 Å². The number of carbonyl (C=O) groups is 1. The number of carbonyl (C=O) groups excluding carboxylic acids is 1. The van der Waals surface area contributed by atoms with Crippen molar-refractivity contribution in [3.63, 3.8) is 0 Å². The topological polar surface area (TPSA) is 48.7 Å². The Labute approximate surface area is 148 Å². The first-order chi connectivity index (χ1) is 11.7. The van der Waals surface area contributed by atoms with Crippen molar-refractivity contribution in [3.8, 4) is 5.75 Å². The summed E-state index contributed by atoms with van der Waals surface area (Å²) in [6.07, 6.45) is 1.88. The van der Waals surface area contributed by atoms with Crippen molar-refractivity contribution in [1.29, 1.82) is 0 Å². The quantitative estimate of drug-likeness (QED) is 0.564. The predicted octanol–water partition coefficient (Wildman–Crippen LogP) is 4.88. The Bertz CT molecular complexity index is 853. The molecule has 5 heteroatoms. The summed E-state index contributed by atoms with van der Waals surface area (Å²) in [4.78, 5) is 11.7. The van der Waals surface area contributed by atoms with Crippen molar-refractivity contribution in [1.82, 2.24) is 0 Å².